The van der Waals surface area contributed by atoms with Crippen molar-refractivity contribution in [1.82, 2.24) is 0 Å². The van der Waals surface area contributed by atoms with Crippen molar-refractivity contribution in [3.63, 3.8) is 0 Å². The lowest BCUT2D eigenvalue weighted by molar-refractivity contribution is -0.142. The minimum atomic E-state index is -0.502. The molecule has 5 nitrogen and oxygen atoms in total. The first kappa shape index (κ1) is 13.4. The maximum Gasteiger partial charge on any atom is 0.334 e. The van der Waals surface area contributed by atoms with Gasteiger partial charge in [0.05, 0.1) is 19.6 Å². The molecule has 0 amide bonds. The van der Waals surface area contributed by atoms with Crippen LogP contribution in [-0.2, 0) is 23.9 Å². The third-order valence-electron chi connectivity index (χ3n) is 2.45. The minimum Gasteiger partial charge on any atom is -0.466 e. The molecule has 0 bridgehead atoms. The lowest BCUT2D eigenvalue weighted by atomic mass is 10.1. The molecule has 0 fully saturated rings. The van der Waals surface area contributed by atoms with Gasteiger partial charge in [0, 0.05) is 17.6 Å². The Balaban J connectivity index is 2.81. The van der Waals surface area contributed by atoms with E-state index in [9.17, 15) is 14.4 Å². The molecule has 0 N–H and O–H groups in total. The van der Waals surface area contributed by atoms with Gasteiger partial charge in [-0.25, -0.2) is 4.79 Å². The normalized spacial score (nSPS) is 15.1. The second-order valence-corrected chi connectivity index (χ2v) is 3.58. The van der Waals surface area contributed by atoms with E-state index >= 15 is 0 Å². The zero-order chi connectivity index (χ0) is 12.8. The molecule has 17 heavy (non-hydrogen) atoms. The Hall–Kier alpha value is -1.65. The minimum absolute atomic E-state index is 0.138. The van der Waals surface area contributed by atoms with Crippen molar-refractivity contribution in [2.75, 3.05) is 13.2 Å². The van der Waals surface area contributed by atoms with Gasteiger partial charge in [0.15, 0.2) is 5.78 Å². The van der Waals surface area contributed by atoms with Gasteiger partial charge in [-0.3, -0.25) is 9.59 Å². The van der Waals surface area contributed by atoms with Gasteiger partial charge in [0.25, 0.3) is 0 Å². The van der Waals surface area contributed by atoms with Crippen LogP contribution in [0.5, 0.6) is 0 Å². The van der Waals surface area contributed by atoms with Crippen LogP contribution in [0, 0.1) is 0 Å². The fourth-order valence-electron chi connectivity index (χ4n) is 1.71. The third kappa shape index (κ3) is 3.41. The molecule has 0 unspecified atom stereocenters. The maximum absolute atomic E-state index is 11.6. The average Bonchev–Trinajstić information content (AvgIpc) is 2.61. The Bertz CT molecular complexity index is 367. The summed E-state index contributed by atoms with van der Waals surface area (Å²) in [4.78, 5) is 34.4. The van der Waals surface area contributed by atoms with Crippen molar-refractivity contribution in [1.29, 1.82) is 0 Å². The molecule has 1 aliphatic carbocycles. The van der Waals surface area contributed by atoms with Crippen molar-refractivity contribution in [2.45, 2.75) is 33.1 Å². The van der Waals surface area contributed by atoms with E-state index in [-0.39, 0.29) is 37.4 Å². The molecule has 0 saturated carbocycles. The van der Waals surface area contributed by atoms with Crippen LogP contribution in [0.2, 0.25) is 0 Å². The molecule has 1 aliphatic rings. The third-order valence-corrected chi connectivity index (χ3v) is 2.45. The highest BCUT2D eigenvalue weighted by Gasteiger charge is 2.29. The lowest BCUT2D eigenvalue weighted by Gasteiger charge is -2.05. The quantitative estimate of drug-likeness (QED) is 0.674. The number of hydrogen-bond donors (Lipinski definition) is 0. The van der Waals surface area contributed by atoms with Crippen LogP contribution >= 0.6 is 0 Å². The van der Waals surface area contributed by atoms with Gasteiger partial charge in [-0.15, -0.1) is 0 Å². The van der Waals surface area contributed by atoms with Gasteiger partial charge in [0.2, 0.25) is 0 Å². The van der Waals surface area contributed by atoms with E-state index in [0.717, 1.165) is 0 Å². The SMILES string of the molecule is CCOC(=O)CC1=C(C(=O)OCC)CCC1=O. The van der Waals surface area contributed by atoms with Crippen LogP contribution in [-0.4, -0.2) is 30.9 Å². The lowest BCUT2D eigenvalue weighted by Crippen LogP contribution is -2.12. The number of ether oxygens (including phenoxy) is 2. The molecule has 0 aromatic rings. The number of rotatable bonds is 5. The van der Waals surface area contributed by atoms with Crippen molar-refractivity contribution in [3.05, 3.63) is 11.1 Å². The summed E-state index contributed by atoms with van der Waals surface area (Å²) in [5.74, 6) is -1.15. The zero-order valence-electron chi connectivity index (χ0n) is 10.1. The summed E-state index contributed by atoms with van der Waals surface area (Å²) in [6.45, 7) is 3.90. The Morgan fingerprint density at radius 3 is 2.35 bits per heavy atom. The van der Waals surface area contributed by atoms with Gasteiger partial charge >= 0.3 is 11.9 Å². The summed E-state index contributed by atoms with van der Waals surface area (Å²) in [6, 6.07) is 0. The molecule has 0 aromatic carbocycles. The average molecular weight is 240 g/mol. The van der Waals surface area contributed by atoms with Gasteiger partial charge in [-0.1, -0.05) is 0 Å². The molecule has 0 aliphatic heterocycles. The zero-order valence-corrected chi connectivity index (χ0v) is 10.1. The van der Waals surface area contributed by atoms with E-state index in [2.05, 4.69) is 0 Å². The summed E-state index contributed by atoms with van der Waals surface area (Å²) < 4.78 is 9.61. The van der Waals surface area contributed by atoms with Gasteiger partial charge < -0.3 is 9.47 Å². The first-order valence-electron chi connectivity index (χ1n) is 5.68. The smallest absolute Gasteiger partial charge is 0.334 e. The van der Waals surface area contributed by atoms with Crippen LogP contribution in [0.4, 0.5) is 0 Å². The van der Waals surface area contributed by atoms with E-state index in [0.29, 0.717) is 12.0 Å². The number of carbonyl (C=O) groups excluding carboxylic acids is 3. The van der Waals surface area contributed by atoms with Crippen molar-refractivity contribution in [3.8, 4) is 0 Å². The largest absolute Gasteiger partial charge is 0.466 e. The molecule has 0 spiro atoms. The Morgan fingerprint density at radius 1 is 1.12 bits per heavy atom. The summed E-state index contributed by atoms with van der Waals surface area (Å²) in [5, 5.41) is 0. The number of hydrogen-bond acceptors (Lipinski definition) is 5. The second kappa shape index (κ2) is 6.18. The van der Waals surface area contributed by atoms with Crippen molar-refractivity contribution < 1.29 is 23.9 Å². The fourth-order valence-corrected chi connectivity index (χ4v) is 1.71. The van der Waals surface area contributed by atoms with Gasteiger partial charge in [-0.05, 0) is 20.3 Å². The molecular formula is C12H16O5. The Morgan fingerprint density at radius 2 is 1.76 bits per heavy atom. The topological polar surface area (TPSA) is 69.7 Å². The molecule has 0 aromatic heterocycles. The van der Waals surface area contributed by atoms with E-state index in [1.54, 1.807) is 13.8 Å². The summed E-state index contributed by atoms with van der Waals surface area (Å²) in [6.07, 6.45) is 0.482. The van der Waals surface area contributed by atoms with Crippen LogP contribution in [0.1, 0.15) is 33.1 Å². The molecule has 0 atom stereocenters. The highest BCUT2D eigenvalue weighted by atomic mass is 16.5. The van der Waals surface area contributed by atoms with Crippen molar-refractivity contribution in [2.24, 2.45) is 0 Å². The number of ketones is 1. The molecule has 94 valence electrons. The van der Waals surface area contributed by atoms with E-state index < -0.39 is 11.9 Å². The van der Waals surface area contributed by atoms with Crippen LogP contribution in [0.3, 0.4) is 0 Å². The van der Waals surface area contributed by atoms with E-state index in [1.807, 2.05) is 0 Å². The second-order valence-electron chi connectivity index (χ2n) is 3.58. The van der Waals surface area contributed by atoms with Crippen LogP contribution in [0.25, 0.3) is 0 Å². The van der Waals surface area contributed by atoms with Gasteiger partial charge in [-0.2, -0.15) is 0 Å². The monoisotopic (exact) mass is 240 g/mol. The molecule has 0 radical (unpaired) electrons. The van der Waals surface area contributed by atoms with Crippen molar-refractivity contribution >= 4 is 17.7 Å². The standard InChI is InChI=1S/C12H16O5/c1-3-16-11(14)7-9-8(5-6-10(9)13)12(15)17-4-2/h3-7H2,1-2H3. The van der Waals surface area contributed by atoms with Gasteiger partial charge in [0.1, 0.15) is 0 Å². The highest BCUT2D eigenvalue weighted by molar-refractivity contribution is 6.09. The first-order valence-corrected chi connectivity index (χ1v) is 5.68. The fraction of sp³-hybridized carbons (Fsp3) is 0.583. The predicted molar refractivity (Wildman–Crippen MR) is 59.2 cm³/mol. The van der Waals surface area contributed by atoms with E-state index in [4.69, 9.17) is 9.47 Å². The molecular weight excluding hydrogens is 224 g/mol. The Kier molecular flexibility index (Phi) is 4.87. The summed E-state index contributed by atoms with van der Waals surface area (Å²) in [7, 11) is 0. The number of carbonyl (C=O) groups is 3. The summed E-state index contributed by atoms with van der Waals surface area (Å²) >= 11 is 0. The molecule has 5 heteroatoms. The predicted octanol–water partition coefficient (Wildman–Crippen LogP) is 1.16. The van der Waals surface area contributed by atoms with Crippen LogP contribution in [0.15, 0.2) is 11.1 Å². The van der Waals surface area contributed by atoms with Crippen LogP contribution < -0.4 is 0 Å². The van der Waals surface area contributed by atoms with E-state index in [1.165, 1.54) is 0 Å². The summed E-state index contributed by atoms with van der Waals surface area (Å²) in [5.41, 5.74) is 0.576. The number of Topliss-reactive ketones (excluding diaryl/α,β-unsaturated/α-hetero) is 1. The Labute approximate surface area is 99.8 Å². The number of esters is 2. The highest BCUT2D eigenvalue weighted by Crippen LogP contribution is 2.26. The molecule has 0 saturated heterocycles. The molecule has 1 rings (SSSR count). The first-order chi connectivity index (χ1) is 8.10. The molecule has 0 heterocycles. The maximum atomic E-state index is 11.6.